The number of aromatic nitrogens is 2. The average molecular weight is 586 g/mol. The zero-order chi connectivity index (χ0) is 31.3. The molecule has 0 aliphatic heterocycles. The topological polar surface area (TPSA) is 114 Å². The third-order valence-corrected chi connectivity index (χ3v) is 7.24. The van der Waals surface area contributed by atoms with Crippen LogP contribution in [0.3, 0.4) is 0 Å². The molecule has 0 aliphatic rings. The van der Waals surface area contributed by atoms with Crippen molar-refractivity contribution < 1.29 is 19.1 Å². The number of amides is 5. The Hall–Kier alpha value is -5.06. The summed E-state index contributed by atoms with van der Waals surface area (Å²) in [6.07, 6.45) is 3.67. The van der Waals surface area contributed by atoms with E-state index < -0.39 is 0 Å². The highest BCUT2D eigenvalue weighted by molar-refractivity contribution is 6.05. The third-order valence-electron chi connectivity index (χ3n) is 7.24. The molecule has 0 saturated heterocycles. The average Bonchev–Trinajstić information content (AvgIpc) is 3.43. The third kappa shape index (κ3) is 6.72. The molecule has 4 aromatic rings. The van der Waals surface area contributed by atoms with Crippen molar-refractivity contribution in [2.24, 2.45) is 0 Å². The fourth-order valence-corrected chi connectivity index (χ4v) is 4.81. The number of carbonyl (C=O) groups is 3. The number of carbonyl (C=O) groups excluding carboxylic acids is 3. The zero-order valence-corrected chi connectivity index (χ0v) is 25.8. The molecule has 0 unspecified atom stereocenters. The number of urea groups is 2. The van der Waals surface area contributed by atoms with Crippen LogP contribution in [-0.2, 0) is 0 Å². The number of aromatic amines is 1. The number of H-pyrrole nitrogens is 1. The van der Waals surface area contributed by atoms with Crippen molar-refractivity contribution >= 4 is 34.7 Å². The number of ether oxygens (including phenoxy) is 1. The van der Waals surface area contributed by atoms with Gasteiger partial charge in [-0.3, -0.25) is 4.79 Å². The van der Waals surface area contributed by atoms with E-state index >= 15 is 0 Å². The van der Waals surface area contributed by atoms with Gasteiger partial charge in [-0.1, -0.05) is 24.3 Å². The quantitative estimate of drug-likeness (QED) is 0.285. The first-order valence-corrected chi connectivity index (χ1v) is 14.0. The molecule has 2 heterocycles. The Bertz CT molecular complexity index is 1630. The summed E-state index contributed by atoms with van der Waals surface area (Å²) in [5, 5.41) is 3.82. The summed E-state index contributed by atoms with van der Waals surface area (Å²) in [6, 6.07) is 14.7. The van der Waals surface area contributed by atoms with Crippen molar-refractivity contribution in [1.82, 2.24) is 29.6 Å². The first-order valence-electron chi connectivity index (χ1n) is 14.0. The predicted molar refractivity (Wildman–Crippen MR) is 170 cm³/mol. The lowest BCUT2D eigenvalue weighted by atomic mass is 9.99. The molecule has 11 heteroatoms. The maximum atomic E-state index is 13.3. The summed E-state index contributed by atoms with van der Waals surface area (Å²) in [5.41, 5.74) is 4.97. The number of nitrogens with zero attached hydrogens (tertiary/aromatic N) is 5. The minimum atomic E-state index is -0.356. The van der Waals surface area contributed by atoms with Gasteiger partial charge in [-0.05, 0) is 36.8 Å². The van der Waals surface area contributed by atoms with Crippen molar-refractivity contribution in [3.8, 4) is 28.0 Å². The summed E-state index contributed by atoms with van der Waals surface area (Å²) in [4.78, 5) is 52.7. The number of hydrogen-bond acceptors (Lipinski definition) is 5. The zero-order valence-electron chi connectivity index (χ0n) is 25.8. The van der Waals surface area contributed by atoms with Gasteiger partial charge in [-0.15, -0.1) is 0 Å². The van der Waals surface area contributed by atoms with Crippen molar-refractivity contribution in [2.45, 2.75) is 6.92 Å². The summed E-state index contributed by atoms with van der Waals surface area (Å²) >= 11 is 0. The molecule has 0 spiro atoms. The normalized spacial score (nSPS) is 10.8. The maximum Gasteiger partial charge on any atom is 0.321 e. The molecule has 226 valence electrons. The monoisotopic (exact) mass is 585 g/mol. The van der Waals surface area contributed by atoms with Crippen LogP contribution in [0.5, 0.6) is 5.75 Å². The number of fused-ring (bicyclic) bond motifs is 1. The lowest BCUT2D eigenvalue weighted by Crippen LogP contribution is -2.44. The first-order chi connectivity index (χ1) is 20.5. The molecular weight excluding hydrogens is 546 g/mol. The van der Waals surface area contributed by atoms with E-state index in [2.05, 4.69) is 15.3 Å². The molecule has 0 radical (unpaired) electrons. The Morgan fingerprint density at radius 3 is 2.33 bits per heavy atom. The standard InChI is InChI=1S/C32H39N7O4/c1-8-39(16-15-38(6)32(42)37(4)5)31(41)35-27-14-13-21(17-25(27)30(40)36(2)3)22-18-24-26(20-34-29(24)33-19-22)23-11-9-10-12-28(23)43-7/h9-14,17-20H,8,15-16H2,1-7H3,(H,33,34)(H,35,41). The molecule has 2 N–H and O–H groups in total. The lowest BCUT2D eigenvalue weighted by molar-refractivity contribution is 0.0828. The molecule has 4 rings (SSSR count). The molecule has 0 bridgehead atoms. The number of nitrogens with one attached hydrogen (secondary N) is 2. The van der Waals surface area contributed by atoms with Gasteiger partial charge in [-0.2, -0.15) is 0 Å². The van der Waals surface area contributed by atoms with Crippen molar-refractivity contribution in [3.63, 3.8) is 0 Å². The predicted octanol–water partition coefficient (Wildman–Crippen LogP) is 5.07. The second kappa shape index (κ2) is 13.3. The van der Waals surface area contributed by atoms with Crippen LogP contribution in [0.15, 0.2) is 60.9 Å². The summed E-state index contributed by atoms with van der Waals surface area (Å²) in [5.74, 6) is 0.506. The summed E-state index contributed by atoms with van der Waals surface area (Å²) < 4.78 is 5.58. The smallest absolute Gasteiger partial charge is 0.321 e. The first kappa shape index (κ1) is 30.9. The Labute approximate surface area is 252 Å². The van der Waals surface area contributed by atoms with Gasteiger partial charge < -0.3 is 34.6 Å². The molecule has 11 nitrogen and oxygen atoms in total. The fraction of sp³-hybridized carbons (Fsp3) is 0.312. The lowest BCUT2D eigenvalue weighted by Gasteiger charge is -2.27. The van der Waals surface area contributed by atoms with Crippen molar-refractivity contribution in [1.29, 1.82) is 0 Å². The van der Waals surface area contributed by atoms with Crippen LogP contribution in [0.4, 0.5) is 15.3 Å². The van der Waals surface area contributed by atoms with Gasteiger partial charge in [0.2, 0.25) is 0 Å². The van der Waals surface area contributed by atoms with Gasteiger partial charge in [0.05, 0.1) is 18.4 Å². The van der Waals surface area contributed by atoms with Gasteiger partial charge in [0, 0.05) is 89.3 Å². The Kier molecular flexibility index (Phi) is 9.54. The minimum absolute atomic E-state index is 0.145. The van der Waals surface area contributed by atoms with Crippen LogP contribution >= 0.6 is 0 Å². The number of hydrogen-bond donors (Lipinski definition) is 2. The van der Waals surface area contributed by atoms with Gasteiger partial charge in [0.1, 0.15) is 11.4 Å². The number of pyridine rings is 1. The van der Waals surface area contributed by atoms with E-state index in [9.17, 15) is 14.4 Å². The van der Waals surface area contributed by atoms with Crippen LogP contribution in [0.2, 0.25) is 0 Å². The molecule has 0 saturated carbocycles. The van der Waals surface area contributed by atoms with Crippen LogP contribution in [0, 0.1) is 0 Å². The van der Waals surface area contributed by atoms with Crippen LogP contribution in [-0.4, -0.2) is 110 Å². The van der Waals surface area contributed by atoms with Gasteiger partial charge in [-0.25, -0.2) is 14.6 Å². The van der Waals surface area contributed by atoms with Gasteiger partial charge >= 0.3 is 12.1 Å². The maximum absolute atomic E-state index is 13.3. The van der Waals surface area contributed by atoms with E-state index in [4.69, 9.17) is 4.74 Å². The molecule has 2 aromatic carbocycles. The van der Waals surface area contributed by atoms with E-state index in [1.165, 1.54) is 9.80 Å². The fourth-order valence-electron chi connectivity index (χ4n) is 4.81. The van der Waals surface area contributed by atoms with Gasteiger partial charge in [0.15, 0.2) is 0 Å². The minimum Gasteiger partial charge on any atom is -0.496 e. The van der Waals surface area contributed by atoms with Crippen molar-refractivity contribution in [3.05, 3.63) is 66.5 Å². The van der Waals surface area contributed by atoms with E-state index in [1.807, 2.05) is 49.5 Å². The molecule has 0 atom stereocenters. The second-order valence-corrected chi connectivity index (χ2v) is 10.6. The largest absolute Gasteiger partial charge is 0.496 e. The van der Waals surface area contributed by atoms with E-state index in [-0.39, 0.29) is 18.0 Å². The van der Waals surface area contributed by atoms with Crippen LogP contribution in [0.25, 0.3) is 33.3 Å². The number of benzene rings is 2. The highest BCUT2D eigenvalue weighted by atomic mass is 16.5. The molecule has 0 aliphatic carbocycles. The second-order valence-electron chi connectivity index (χ2n) is 10.6. The molecule has 2 aromatic heterocycles. The van der Waals surface area contributed by atoms with E-state index in [0.717, 1.165) is 39.0 Å². The van der Waals surface area contributed by atoms with Crippen LogP contribution < -0.4 is 10.1 Å². The molecule has 5 amide bonds. The molecule has 0 fully saturated rings. The SMILES string of the molecule is CCN(CCN(C)C(=O)N(C)C)C(=O)Nc1ccc(-c2cnc3[nH]cc(-c4ccccc4OC)c3c2)cc1C(=O)N(C)C. The summed E-state index contributed by atoms with van der Waals surface area (Å²) in [7, 11) is 10.0. The number of rotatable bonds is 9. The highest BCUT2D eigenvalue weighted by Crippen LogP contribution is 2.36. The highest BCUT2D eigenvalue weighted by Gasteiger charge is 2.21. The molecule has 43 heavy (non-hydrogen) atoms. The number of methoxy groups -OCH3 is 1. The van der Waals surface area contributed by atoms with Crippen LogP contribution in [0.1, 0.15) is 17.3 Å². The Morgan fingerprint density at radius 2 is 1.65 bits per heavy atom. The van der Waals surface area contributed by atoms with Gasteiger partial charge in [0.25, 0.3) is 5.91 Å². The Morgan fingerprint density at radius 1 is 0.907 bits per heavy atom. The number of likely N-dealkylation sites (N-methyl/N-ethyl adjacent to an activating group) is 2. The molecular formula is C32H39N7O4. The Balaban J connectivity index is 1.65. The van der Waals surface area contributed by atoms with Crippen molar-refractivity contribution in [2.75, 3.05) is 67.3 Å². The summed E-state index contributed by atoms with van der Waals surface area (Å²) in [6.45, 7) is 3.00. The number of anilines is 1. The van der Waals surface area contributed by atoms with E-state index in [0.29, 0.717) is 30.9 Å². The number of para-hydroxylation sites is 1. The van der Waals surface area contributed by atoms with E-state index in [1.54, 1.807) is 70.5 Å².